The van der Waals surface area contributed by atoms with Crippen LogP contribution in [-0.4, -0.2) is 22.4 Å². The quantitative estimate of drug-likeness (QED) is 0.810. The number of ether oxygens (including phenoxy) is 1. The van der Waals surface area contributed by atoms with Crippen LogP contribution in [0.5, 0.6) is 5.75 Å². The van der Waals surface area contributed by atoms with Crippen molar-refractivity contribution in [1.82, 2.24) is 20.4 Å². The summed E-state index contributed by atoms with van der Waals surface area (Å²) in [5.41, 5.74) is 1.60. The number of rotatable bonds is 7. The van der Waals surface area contributed by atoms with Crippen molar-refractivity contribution < 1.29 is 13.9 Å². The van der Waals surface area contributed by atoms with Gasteiger partial charge in [-0.3, -0.25) is 4.68 Å². The maximum atomic E-state index is 14.1. The number of hydrogen-bond acceptors (Lipinski definition) is 3. The van der Waals surface area contributed by atoms with Gasteiger partial charge in [0.2, 0.25) is 0 Å². The van der Waals surface area contributed by atoms with E-state index in [0.29, 0.717) is 24.6 Å². The number of halogens is 1. The van der Waals surface area contributed by atoms with Crippen LogP contribution in [-0.2, 0) is 13.6 Å². The molecule has 1 fully saturated rings. The first kappa shape index (κ1) is 17.3. The van der Waals surface area contributed by atoms with Crippen molar-refractivity contribution in [3.8, 4) is 5.75 Å². The van der Waals surface area contributed by atoms with Crippen molar-refractivity contribution in [3.63, 3.8) is 0 Å². The smallest absolute Gasteiger partial charge is 0.315 e. The second kappa shape index (κ2) is 7.55. The molecule has 1 saturated carbocycles. The van der Waals surface area contributed by atoms with Crippen LogP contribution >= 0.6 is 0 Å². The van der Waals surface area contributed by atoms with E-state index in [1.54, 1.807) is 23.0 Å². The van der Waals surface area contributed by atoms with Gasteiger partial charge >= 0.3 is 6.03 Å². The third-order valence-corrected chi connectivity index (χ3v) is 4.19. The molecular weight excluding hydrogens is 323 g/mol. The number of nitrogens with one attached hydrogen (secondary N) is 2. The summed E-state index contributed by atoms with van der Waals surface area (Å²) in [4.78, 5) is 12.0. The standard InChI is InChI=1S/C18H23FN4O2/c1-12(22-18(24)20-8-14-9-21-23(2)10-14)15-5-6-17(16(19)7-15)25-11-13-3-4-13/h5-7,9-10,12-13H,3-4,8,11H2,1-2H3,(H2,20,22,24)/t12-/m1/s1. The topological polar surface area (TPSA) is 68.2 Å². The highest BCUT2D eigenvalue weighted by atomic mass is 19.1. The van der Waals surface area contributed by atoms with Gasteiger partial charge in [-0.2, -0.15) is 5.10 Å². The zero-order chi connectivity index (χ0) is 17.8. The van der Waals surface area contributed by atoms with E-state index in [2.05, 4.69) is 15.7 Å². The third-order valence-electron chi connectivity index (χ3n) is 4.19. The Kier molecular flexibility index (Phi) is 5.21. The Hall–Kier alpha value is -2.57. The Morgan fingerprint density at radius 2 is 2.28 bits per heavy atom. The average Bonchev–Trinajstić information content (AvgIpc) is 3.32. The number of hydrogen-bond donors (Lipinski definition) is 2. The van der Waals surface area contributed by atoms with E-state index in [1.807, 2.05) is 20.2 Å². The van der Waals surface area contributed by atoms with Crippen LogP contribution in [0.1, 0.15) is 36.9 Å². The number of aromatic nitrogens is 2. The lowest BCUT2D eigenvalue weighted by molar-refractivity contribution is 0.237. The Balaban J connectivity index is 1.50. The molecule has 0 unspecified atom stereocenters. The number of urea groups is 1. The first-order chi connectivity index (χ1) is 12.0. The minimum absolute atomic E-state index is 0.267. The van der Waals surface area contributed by atoms with Crippen molar-refractivity contribution in [1.29, 1.82) is 0 Å². The summed E-state index contributed by atoms with van der Waals surface area (Å²) in [5, 5.41) is 9.59. The number of nitrogens with zero attached hydrogens (tertiary/aromatic N) is 2. The molecular formula is C18H23FN4O2. The van der Waals surface area contributed by atoms with Gasteiger partial charge in [-0.15, -0.1) is 0 Å². The van der Waals surface area contributed by atoms with Crippen LogP contribution < -0.4 is 15.4 Å². The molecule has 1 aromatic carbocycles. The van der Waals surface area contributed by atoms with Gasteiger partial charge < -0.3 is 15.4 Å². The number of benzene rings is 1. The van der Waals surface area contributed by atoms with Crippen LogP contribution in [0.3, 0.4) is 0 Å². The number of carbonyl (C=O) groups is 1. The molecule has 0 bridgehead atoms. The Bertz CT molecular complexity index is 742. The van der Waals surface area contributed by atoms with Crippen LogP contribution in [0.25, 0.3) is 0 Å². The van der Waals surface area contributed by atoms with Gasteiger partial charge in [-0.1, -0.05) is 6.07 Å². The molecule has 1 heterocycles. The summed E-state index contributed by atoms with van der Waals surface area (Å²) < 4.78 is 21.3. The van der Waals surface area contributed by atoms with E-state index in [4.69, 9.17) is 4.74 Å². The molecule has 2 amide bonds. The van der Waals surface area contributed by atoms with Gasteiger partial charge in [-0.25, -0.2) is 9.18 Å². The summed E-state index contributed by atoms with van der Waals surface area (Å²) in [6.07, 6.45) is 5.85. The zero-order valence-corrected chi connectivity index (χ0v) is 14.5. The second-order valence-corrected chi connectivity index (χ2v) is 6.52. The lowest BCUT2D eigenvalue weighted by Gasteiger charge is -2.16. The van der Waals surface area contributed by atoms with E-state index < -0.39 is 5.82 Å². The maximum absolute atomic E-state index is 14.1. The number of aryl methyl sites for hydroxylation is 1. The molecule has 0 radical (unpaired) electrons. The maximum Gasteiger partial charge on any atom is 0.315 e. The minimum Gasteiger partial charge on any atom is -0.490 e. The summed E-state index contributed by atoms with van der Waals surface area (Å²) in [6, 6.07) is 4.18. The molecule has 0 aliphatic heterocycles. The highest BCUT2D eigenvalue weighted by Gasteiger charge is 2.22. The molecule has 3 rings (SSSR count). The van der Waals surface area contributed by atoms with Gasteiger partial charge in [0.05, 0.1) is 18.8 Å². The lowest BCUT2D eigenvalue weighted by Crippen LogP contribution is -2.36. The summed E-state index contributed by atoms with van der Waals surface area (Å²) in [6.45, 7) is 2.76. The molecule has 2 aromatic rings. The first-order valence-electron chi connectivity index (χ1n) is 8.45. The van der Waals surface area contributed by atoms with Gasteiger partial charge in [0, 0.05) is 25.4 Å². The largest absolute Gasteiger partial charge is 0.490 e. The molecule has 6 nitrogen and oxygen atoms in total. The fourth-order valence-electron chi connectivity index (χ4n) is 2.47. The molecule has 2 N–H and O–H groups in total. The van der Waals surface area contributed by atoms with Crippen LogP contribution in [0, 0.1) is 11.7 Å². The van der Waals surface area contributed by atoms with Crippen molar-refractivity contribution in [2.45, 2.75) is 32.4 Å². The molecule has 25 heavy (non-hydrogen) atoms. The van der Waals surface area contributed by atoms with E-state index in [9.17, 15) is 9.18 Å². The second-order valence-electron chi connectivity index (χ2n) is 6.52. The molecule has 1 aliphatic carbocycles. The van der Waals surface area contributed by atoms with Crippen LogP contribution in [0.2, 0.25) is 0 Å². The van der Waals surface area contributed by atoms with Crippen molar-refractivity contribution in [2.75, 3.05) is 6.61 Å². The summed E-state index contributed by atoms with van der Waals surface area (Å²) in [5.74, 6) is 0.439. The molecule has 7 heteroatoms. The third kappa shape index (κ3) is 4.95. The van der Waals surface area contributed by atoms with Crippen molar-refractivity contribution in [3.05, 3.63) is 47.5 Å². The molecule has 0 saturated heterocycles. The van der Waals surface area contributed by atoms with Crippen LogP contribution in [0.4, 0.5) is 9.18 Å². The number of carbonyl (C=O) groups excluding carboxylic acids is 1. The van der Waals surface area contributed by atoms with Crippen LogP contribution in [0.15, 0.2) is 30.6 Å². The Morgan fingerprint density at radius 1 is 1.48 bits per heavy atom. The highest BCUT2D eigenvalue weighted by molar-refractivity contribution is 5.74. The highest BCUT2D eigenvalue weighted by Crippen LogP contribution is 2.30. The molecule has 1 aromatic heterocycles. The Labute approximate surface area is 146 Å². The normalized spacial score (nSPS) is 14.8. The number of amides is 2. The van der Waals surface area contributed by atoms with E-state index in [-0.39, 0.29) is 17.8 Å². The van der Waals surface area contributed by atoms with E-state index >= 15 is 0 Å². The monoisotopic (exact) mass is 346 g/mol. The van der Waals surface area contributed by atoms with Gasteiger partial charge in [0.15, 0.2) is 11.6 Å². The van der Waals surface area contributed by atoms with Crippen molar-refractivity contribution >= 4 is 6.03 Å². The summed E-state index contributed by atoms with van der Waals surface area (Å²) >= 11 is 0. The lowest BCUT2D eigenvalue weighted by atomic mass is 10.1. The van der Waals surface area contributed by atoms with Gasteiger partial charge in [0.25, 0.3) is 0 Å². The zero-order valence-electron chi connectivity index (χ0n) is 14.5. The molecule has 1 atom stereocenters. The van der Waals surface area contributed by atoms with E-state index in [1.165, 1.54) is 6.07 Å². The summed E-state index contributed by atoms with van der Waals surface area (Å²) in [7, 11) is 1.82. The predicted molar refractivity (Wildman–Crippen MR) is 91.6 cm³/mol. The molecule has 1 aliphatic rings. The van der Waals surface area contributed by atoms with Crippen molar-refractivity contribution in [2.24, 2.45) is 13.0 Å². The fraction of sp³-hybridized carbons (Fsp3) is 0.444. The Morgan fingerprint density at radius 3 is 2.92 bits per heavy atom. The van der Waals surface area contributed by atoms with Gasteiger partial charge in [0.1, 0.15) is 0 Å². The minimum atomic E-state index is -0.400. The molecule has 134 valence electrons. The van der Waals surface area contributed by atoms with E-state index in [0.717, 1.165) is 18.4 Å². The molecule has 0 spiro atoms. The average molecular weight is 346 g/mol. The first-order valence-corrected chi connectivity index (χ1v) is 8.45. The SMILES string of the molecule is C[C@@H](NC(=O)NCc1cnn(C)c1)c1ccc(OCC2CC2)c(F)c1. The fourth-order valence-corrected chi connectivity index (χ4v) is 2.47. The van der Waals surface area contributed by atoms with Gasteiger partial charge in [-0.05, 0) is 43.4 Å². The predicted octanol–water partition coefficient (Wildman–Crippen LogP) is 2.91.